The highest BCUT2D eigenvalue weighted by atomic mass is 32.2. The van der Waals surface area contributed by atoms with Gasteiger partial charge in [-0.05, 0) is 23.8 Å². The van der Waals surface area contributed by atoms with Crippen molar-refractivity contribution in [3.63, 3.8) is 0 Å². The molecule has 2 aromatic rings. The number of pyridine rings is 1. The van der Waals surface area contributed by atoms with Crippen LogP contribution < -0.4 is 10.9 Å². The van der Waals surface area contributed by atoms with Gasteiger partial charge in [0, 0.05) is 12.4 Å². The molecule has 3 rings (SSSR count). The number of carbonyl (C=O) groups is 3. The molecular weight excluding hydrogens is 384 g/mol. The third kappa shape index (κ3) is 4.78. The number of benzene rings is 1. The van der Waals surface area contributed by atoms with Crippen LogP contribution >= 0.6 is 24.0 Å². The van der Waals surface area contributed by atoms with E-state index in [4.69, 9.17) is 12.2 Å². The van der Waals surface area contributed by atoms with E-state index in [0.29, 0.717) is 10.5 Å². The van der Waals surface area contributed by atoms with Crippen LogP contribution in [0.4, 0.5) is 0 Å². The molecule has 27 heavy (non-hydrogen) atoms. The zero-order chi connectivity index (χ0) is 19.2. The Balaban J connectivity index is 1.58. The predicted molar refractivity (Wildman–Crippen MR) is 106 cm³/mol. The van der Waals surface area contributed by atoms with Gasteiger partial charge < -0.3 is 0 Å². The van der Waals surface area contributed by atoms with Gasteiger partial charge in [0.2, 0.25) is 0 Å². The number of nitrogens with zero attached hydrogens (tertiary/aromatic N) is 2. The Kier molecular flexibility index (Phi) is 5.94. The molecule has 1 fully saturated rings. The largest absolute Gasteiger partial charge is 0.283 e. The van der Waals surface area contributed by atoms with Crippen LogP contribution in [-0.2, 0) is 9.59 Å². The lowest BCUT2D eigenvalue weighted by Gasteiger charge is -2.14. The Hall–Kier alpha value is -3.04. The molecule has 1 aromatic carbocycles. The van der Waals surface area contributed by atoms with E-state index in [0.717, 1.165) is 17.3 Å². The highest BCUT2D eigenvalue weighted by molar-refractivity contribution is 8.26. The van der Waals surface area contributed by atoms with Crippen LogP contribution in [0.1, 0.15) is 15.9 Å². The number of nitrogens with one attached hydrogen (secondary N) is 2. The number of rotatable bonds is 4. The summed E-state index contributed by atoms with van der Waals surface area (Å²) in [6.07, 6.45) is 4.63. The first-order valence-electron chi connectivity index (χ1n) is 7.84. The number of thiocarbonyl (C=S) groups is 1. The summed E-state index contributed by atoms with van der Waals surface area (Å²) in [5, 5.41) is 0. The summed E-state index contributed by atoms with van der Waals surface area (Å²) in [6.45, 7) is -0.288. The minimum Gasteiger partial charge on any atom is -0.283 e. The lowest BCUT2D eigenvalue weighted by atomic mass is 10.2. The fourth-order valence-corrected chi connectivity index (χ4v) is 3.47. The van der Waals surface area contributed by atoms with Crippen LogP contribution in [0.25, 0.3) is 6.08 Å². The summed E-state index contributed by atoms with van der Waals surface area (Å²) in [4.78, 5) is 41.9. The zero-order valence-corrected chi connectivity index (χ0v) is 15.5. The number of hydrazine groups is 1. The third-order valence-electron chi connectivity index (χ3n) is 3.51. The summed E-state index contributed by atoms with van der Waals surface area (Å²) < 4.78 is 0.288. The van der Waals surface area contributed by atoms with Crippen LogP contribution in [0.5, 0.6) is 0 Å². The van der Waals surface area contributed by atoms with Crippen molar-refractivity contribution in [2.75, 3.05) is 6.54 Å². The van der Waals surface area contributed by atoms with E-state index < -0.39 is 11.8 Å². The van der Waals surface area contributed by atoms with Gasteiger partial charge in [0.05, 0.1) is 10.5 Å². The number of carbonyl (C=O) groups excluding carboxylic acids is 3. The summed E-state index contributed by atoms with van der Waals surface area (Å²) in [5.41, 5.74) is 5.70. The second kappa shape index (κ2) is 8.56. The van der Waals surface area contributed by atoms with Gasteiger partial charge in [0.25, 0.3) is 17.7 Å². The van der Waals surface area contributed by atoms with Crippen LogP contribution in [0, 0.1) is 0 Å². The minimum absolute atomic E-state index is 0.288. The lowest BCUT2D eigenvalue weighted by molar-refractivity contribution is -0.129. The zero-order valence-electron chi connectivity index (χ0n) is 13.9. The molecule has 0 aliphatic carbocycles. The first-order valence-corrected chi connectivity index (χ1v) is 9.06. The molecular formula is C18H14N4O3S2. The van der Waals surface area contributed by atoms with Crippen LogP contribution in [0.2, 0.25) is 0 Å². The maximum atomic E-state index is 12.5. The SMILES string of the molecule is O=C(CN1C(=O)C(=Cc2ccccc2)SC1=S)NNC(=O)c1cccnc1. The van der Waals surface area contributed by atoms with Crippen LogP contribution in [0.15, 0.2) is 59.8 Å². The van der Waals surface area contributed by atoms with Crippen molar-refractivity contribution in [2.24, 2.45) is 0 Å². The summed E-state index contributed by atoms with van der Waals surface area (Å²) in [7, 11) is 0. The average Bonchev–Trinajstić information content (AvgIpc) is 2.95. The van der Waals surface area contributed by atoms with E-state index in [-0.39, 0.29) is 16.8 Å². The van der Waals surface area contributed by atoms with E-state index in [2.05, 4.69) is 15.8 Å². The van der Waals surface area contributed by atoms with Gasteiger partial charge in [-0.2, -0.15) is 0 Å². The van der Waals surface area contributed by atoms with Gasteiger partial charge in [-0.1, -0.05) is 54.3 Å². The molecule has 1 aromatic heterocycles. The Bertz CT molecular complexity index is 917. The van der Waals surface area contributed by atoms with Gasteiger partial charge in [-0.25, -0.2) is 0 Å². The van der Waals surface area contributed by atoms with Crippen molar-refractivity contribution in [1.82, 2.24) is 20.7 Å². The fourth-order valence-electron chi connectivity index (χ4n) is 2.22. The molecule has 0 radical (unpaired) electrons. The topological polar surface area (TPSA) is 91.4 Å². The lowest BCUT2D eigenvalue weighted by Crippen LogP contribution is -2.47. The van der Waals surface area contributed by atoms with E-state index in [1.54, 1.807) is 18.2 Å². The number of hydrogen-bond acceptors (Lipinski definition) is 6. The molecule has 9 heteroatoms. The Morgan fingerprint density at radius 3 is 2.63 bits per heavy atom. The minimum atomic E-state index is -0.565. The third-order valence-corrected chi connectivity index (χ3v) is 4.89. The molecule has 1 aliphatic heterocycles. The molecule has 0 saturated carbocycles. The van der Waals surface area contributed by atoms with E-state index in [1.807, 2.05) is 30.3 Å². The molecule has 0 bridgehead atoms. The van der Waals surface area contributed by atoms with Gasteiger partial charge in [-0.15, -0.1) is 0 Å². The van der Waals surface area contributed by atoms with Crippen LogP contribution in [0.3, 0.4) is 0 Å². The highest BCUT2D eigenvalue weighted by Gasteiger charge is 2.33. The summed E-state index contributed by atoms with van der Waals surface area (Å²) in [6, 6.07) is 12.5. The molecule has 1 aliphatic rings. The second-order valence-electron chi connectivity index (χ2n) is 5.42. The number of aromatic nitrogens is 1. The molecule has 0 spiro atoms. The highest BCUT2D eigenvalue weighted by Crippen LogP contribution is 2.32. The standard InChI is InChI=1S/C18H14N4O3S2/c23-15(20-21-16(24)13-7-4-8-19-10-13)11-22-17(25)14(27-18(22)26)9-12-5-2-1-3-6-12/h1-10H,11H2,(H,20,23)(H,21,24). The maximum absolute atomic E-state index is 12.5. The molecule has 1 saturated heterocycles. The van der Waals surface area contributed by atoms with Crippen molar-refractivity contribution < 1.29 is 14.4 Å². The average molecular weight is 398 g/mol. The molecule has 0 unspecified atom stereocenters. The first kappa shape index (κ1) is 18.7. The number of amides is 3. The smallest absolute Gasteiger partial charge is 0.271 e. The van der Waals surface area contributed by atoms with E-state index >= 15 is 0 Å². The fraction of sp³-hybridized carbons (Fsp3) is 0.0556. The molecule has 0 atom stereocenters. The van der Waals surface area contributed by atoms with E-state index in [9.17, 15) is 14.4 Å². The van der Waals surface area contributed by atoms with Crippen molar-refractivity contribution in [1.29, 1.82) is 0 Å². The Morgan fingerprint density at radius 1 is 1.15 bits per heavy atom. The quantitative estimate of drug-likeness (QED) is 0.463. The second-order valence-corrected chi connectivity index (χ2v) is 7.10. The molecule has 136 valence electrons. The van der Waals surface area contributed by atoms with Crippen molar-refractivity contribution >= 4 is 52.1 Å². The predicted octanol–water partition coefficient (Wildman–Crippen LogP) is 1.74. The normalized spacial score (nSPS) is 15.1. The van der Waals surface area contributed by atoms with Crippen LogP contribution in [-0.4, -0.2) is 38.5 Å². The molecule has 2 heterocycles. The van der Waals surface area contributed by atoms with E-state index in [1.165, 1.54) is 17.3 Å². The Labute approximate surface area is 164 Å². The molecule has 3 amide bonds. The number of hydrogen-bond donors (Lipinski definition) is 2. The van der Waals surface area contributed by atoms with Gasteiger partial charge in [0.15, 0.2) is 0 Å². The monoisotopic (exact) mass is 398 g/mol. The van der Waals surface area contributed by atoms with Gasteiger partial charge >= 0.3 is 0 Å². The first-order chi connectivity index (χ1) is 13.0. The van der Waals surface area contributed by atoms with Gasteiger partial charge in [0.1, 0.15) is 10.9 Å². The summed E-state index contributed by atoms with van der Waals surface area (Å²) >= 11 is 6.33. The summed E-state index contributed by atoms with van der Waals surface area (Å²) in [5.74, 6) is -1.42. The molecule has 7 nitrogen and oxygen atoms in total. The van der Waals surface area contributed by atoms with Gasteiger partial charge in [-0.3, -0.25) is 35.1 Å². The van der Waals surface area contributed by atoms with Crippen molar-refractivity contribution in [2.45, 2.75) is 0 Å². The number of thioether (sulfide) groups is 1. The van der Waals surface area contributed by atoms with Crippen molar-refractivity contribution in [3.8, 4) is 0 Å². The maximum Gasteiger partial charge on any atom is 0.271 e. The Morgan fingerprint density at radius 2 is 1.93 bits per heavy atom. The van der Waals surface area contributed by atoms with Crippen molar-refractivity contribution in [3.05, 3.63) is 70.9 Å². The molecule has 2 N–H and O–H groups in total.